The maximum absolute atomic E-state index is 13.4. The molecule has 5 rings (SSSR count). The molecule has 0 aliphatic heterocycles. The molecule has 7 nitrogen and oxygen atoms in total. The van der Waals surface area contributed by atoms with Crippen molar-refractivity contribution < 1.29 is 13.9 Å². The van der Waals surface area contributed by atoms with E-state index in [2.05, 4.69) is 26.3 Å². The molecule has 1 heterocycles. The van der Waals surface area contributed by atoms with Gasteiger partial charge in [-0.2, -0.15) is 9.78 Å². The fourth-order valence-corrected chi connectivity index (χ4v) is 5.13. The molecule has 0 saturated heterocycles. The molecule has 3 aromatic carbocycles. The van der Waals surface area contributed by atoms with Gasteiger partial charge in [-0.3, -0.25) is 9.59 Å². The molecule has 1 saturated carbocycles. The van der Waals surface area contributed by atoms with Gasteiger partial charge in [0, 0.05) is 11.6 Å². The first-order valence-corrected chi connectivity index (χ1v) is 13.3. The van der Waals surface area contributed by atoms with Crippen LogP contribution in [0.1, 0.15) is 49.4 Å². The molecule has 0 unspecified atom stereocenters. The van der Waals surface area contributed by atoms with E-state index in [1.54, 1.807) is 36.5 Å². The Balaban J connectivity index is 1.33. The number of benzene rings is 3. The van der Waals surface area contributed by atoms with Gasteiger partial charge < -0.3 is 10.1 Å². The molecular formula is C29H26BrFN4O3. The summed E-state index contributed by atoms with van der Waals surface area (Å²) >= 11 is 3.48. The molecule has 1 aromatic heterocycles. The molecule has 194 valence electrons. The van der Waals surface area contributed by atoms with Crippen molar-refractivity contribution in [2.75, 3.05) is 11.9 Å². The highest BCUT2D eigenvalue weighted by molar-refractivity contribution is 9.10. The van der Waals surface area contributed by atoms with Gasteiger partial charge in [0.05, 0.1) is 21.6 Å². The van der Waals surface area contributed by atoms with Gasteiger partial charge in [0.15, 0.2) is 6.61 Å². The summed E-state index contributed by atoms with van der Waals surface area (Å²) in [6.45, 7) is -0.245. The number of anilines is 1. The number of nitrogens with zero attached hydrogens (tertiary/aromatic N) is 3. The van der Waals surface area contributed by atoms with Crippen LogP contribution in [0.4, 0.5) is 10.1 Å². The van der Waals surface area contributed by atoms with Gasteiger partial charge in [-0.25, -0.2) is 9.37 Å². The monoisotopic (exact) mass is 576 g/mol. The minimum absolute atomic E-state index is 0.184. The van der Waals surface area contributed by atoms with Crippen molar-refractivity contribution in [1.82, 2.24) is 9.66 Å². The molecule has 1 N–H and O–H groups in total. The molecule has 0 spiro atoms. The van der Waals surface area contributed by atoms with Gasteiger partial charge in [-0.1, -0.05) is 37.5 Å². The lowest BCUT2D eigenvalue weighted by atomic mass is 9.88. The smallest absolute Gasteiger partial charge is 0.282 e. The van der Waals surface area contributed by atoms with Gasteiger partial charge in [-0.15, -0.1) is 0 Å². The van der Waals surface area contributed by atoms with Crippen LogP contribution in [0.25, 0.3) is 10.9 Å². The Bertz CT molecular complexity index is 1560. The number of fused-ring (bicyclic) bond motifs is 1. The van der Waals surface area contributed by atoms with Crippen molar-refractivity contribution in [2.45, 2.75) is 38.0 Å². The van der Waals surface area contributed by atoms with Crippen molar-refractivity contribution in [3.05, 3.63) is 98.8 Å². The normalized spacial score (nSPS) is 14.2. The van der Waals surface area contributed by atoms with E-state index in [0.29, 0.717) is 32.6 Å². The molecule has 0 atom stereocenters. The number of carbonyl (C=O) groups is 1. The quantitative estimate of drug-likeness (QED) is 0.264. The van der Waals surface area contributed by atoms with Crippen LogP contribution < -0.4 is 15.6 Å². The summed E-state index contributed by atoms with van der Waals surface area (Å²) in [5, 5.41) is 7.69. The third-order valence-corrected chi connectivity index (χ3v) is 7.11. The predicted molar refractivity (Wildman–Crippen MR) is 149 cm³/mol. The minimum atomic E-state index is -0.434. The Hall–Kier alpha value is -3.85. The second kappa shape index (κ2) is 11.7. The Morgan fingerprint density at radius 1 is 1.11 bits per heavy atom. The maximum Gasteiger partial charge on any atom is 0.282 e. The van der Waals surface area contributed by atoms with E-state index >= 15 is 0 Å². The minimum Gasteiger partial charge on any atom is -0.483 e. The lowest BCUT2D eigenvalue weighted by molar-refractivity contribution is -0.118. The van der Waals surface area contributed by atoms with E-state index in [-0.39, 0.29) is 18.1 Å². The fourth-order valence-electron chi connectivity index (χ4n) is 4.62. The molecular weight excluding hydrogens is 551 g/mol. The van der Waals surface area contributed by atoms with Gasteiger partial charge in [0.25, 0.3) is 11.5 Å². The van der Waals surface area contributed by atoms with Crippen molar-refractivity contribution in [1.29, 1.82) is 0 Å². The van der Waals surface area contributed by atoms with Crippen LogP contribution in [0.3, 0.4) is 0 Å². The summed E-state index contributed by atoms with van der Waals surface area (Å²) in [5.41, 5.74) is 1.60. The number of rotatable bonds is 7. The lowest BCUT2D eigenvalue weighted by Gasteiger charge is -2.22. The van der Waals surface area contributed by atoms with E-state index < -0.39 is 11.7 Å². The average Bonchev–Trinajstić information content (AvgIpc) is 2.92. The van der Waals surface area contributed by atoms with Crippen LogP contribution >= 0.6 is 15.9 Å². The van der Waals surface area contributed by atoms with Gasteiger partial charge >= 0.3 is 0 Å². The van der Waals surface area contributed by atoms with Gasteiger partial charge in [0.2, 0.25) is 0 Å². The molecule has 38 heavy (non-hydrogen) atoms. The molecule has 1 aliphatic carbocycles. The molecule has 0 bridgehead atoms. The van der Waals surface area contributed by atoms with Crippen molar-refractivity contribution >= 4 is 44.6 Å². The Kier molecular flexibility index (Phi) is 7.93. The SMILES string of the molecule is O=C(COc1ccc(C=Nn2c(C3CCCCC3)nc3ccccc3c2=O)cc1Br)Nc1cccc(F)c1. The number of nitrogens with one attached hydrogen (secondary N) is 1. The number of hydrogen-bond acceptors (Lipinski definition) is 5. The van der Waals surface area contributed by atoms with Crippen LogP contribution in [-0.2, 0) is 4.79 Å². The summed E-state index contributed by atoms with van der Waals surface area (Å²) in [7, 11) is 0. The van der Waals surface area contributed by atoms with Crippen LogP contribution in [0.5, 0.6) is 5.75 Å². The van der Waals surface area contributed by atoms with Crippen molar-refractivity contribution in [3.8, 4) is 5.75 Å². The largest absolute Gasteiger partial charge is 0.483 e. The highest BCUT2D eigenvalue weighted by Gasteiger charge is 2.22. The van der Waals surface area contributed by atoms with Crippen molar-refractivity contribution in [2.24, 2.45) is 5.10 Å². The molecule has 9 heteroatoms. The number of halogens is 2. The molecule has 1 aliphatic rings. The third kappa shape index (κ3) is 5.99. The summed E-state index contributed by atoms with van der Waals surface area (Å²) in [4.78, 5) is 30.4. The first-order valence-electron chi connectivity index (χ1n) is 12.5. The Morgan fingerprint density at radius 3 is 2.71 bits per heavy atom. The topological polar surface area (TPSA) is 85.6 Å². The first kappa shape index (κ1) is 25.8. The van der Waals surface area contributed by atoms with Crippen LogP contribution in [0.2, 0.25) is 0 Å². The van der Waals surface area contributed by atoms with Crippen molar-refractivity contribution in [3.63, 3.8) is 0 Å². The summed E-state index contributed by atoms with van der Waals surface area (Å²) in [6, 6.07) is 18.3. The summed E-state index contributed by atoms with van der Waals surface area (Å²) in [5.74, 6) is 0.513. The Morgan fingerprint density at radius 2 is 1.92 bits per heavy atom. The summed E-state index contributed by atoms with van der Waals surface area (Å²) < 4.78 is 21.0. The zero-order chi connectivity index (χ0) is 26.5. The molecule has 1 fully saturated rings. The molecule has 1 amide bonds. The highest BCUT2D eigenvalue weighted by atomic mass is 79.9. The standard InChI is InChI=1S/C29H26BrFN4O3/c30-24-15-19(13-14-26(24)38-18-27(36)33-22-10-6-9-21(31)16-22)17-32-35-28(20-7-2-1-3-8-20)34-25-12-5-4-11-23(25)29(35)37/h4-6,9-17,20H,1-3,7-8,18H2,(H,33,36). The molecule has 0 radical (unpaired) electrons. The fraction of sp³-hybridized carbons (Fsp3) is 0.241. The van der Waals surface area contributed by atoms with E-state index in [1.807, 2.05) is 18.2 Å². The second-order valence-electron chi connectivity index (χ2n) is 9.22. The van der Waals surface area contributed by atoms with Crippen LogP contribution in [-0.4, -0.2) is 28.4 Å². The second-order valence-corrected chi connectivity index (χ2v) is 10.1. The number of para-hydroxylation sites is 1. The van der Waals surface area contributed by atoms with Crippen LogP contribution in [0, 0.1) is 5.82 Å². The van der Waals surface area contributed by atoms with Gasteiger partial charge in [-0.05, 0) is 82.9 Å². The Labute approximate surface area is 227 Å². The zero-order valence-corrected chi connectivity index (χ0v) is 22.2. The molecule has 4 aromatic rings. The lowest BCUT2D eigenvalue weighted by Crippen LogP contribution is -2.25. The number of aromatic nitrogens is 2. The van der Waals surface area contributed by atoms with E-state index in [1.165, 1.54) is 29.3 Å². The van der Waals surface area contributed by atoms with Crippen LogP contribution in [0.15, 0.2) is 81.1 Å². The number of carbonyl (C=O) groups excluding carboxylic acids is 1. The highest BCUT2D eigenvalue weighted by Crippen LogP contribution is 2.32. The average molecular weight is 577 g/mol. The van der Waals surface area contributed by atoms with E-state index in [4.69, 9.17) is 9.72 Å². The maximum atomic E-state index is 13.4. The number of amides is 1. The first-order chi connectivity index (χ1) is 18.5. The summed E-state index contributed by atoms with van der Waals surface area (Å²) in [6.07, 6.45) is 7.04. The van der Waals surface area contributed by atoms with E-state index in [0.717, 1.165) is 31.2 Å². The number of hydrogen-bond donors (Lipinski definition) is 1. The van der Waals surface area contributed by atoms with Gasteiger partial charge in [0.1, 0.15) is 17.4 Å². The van der Waals surface area contributed by atoms with E-state index in [9.17, 15) is 14.0 Å². The predicted octanol–water partition coefficient (Wildman–Crippen LogP) is 6.25. The number of ether oxygens (including phenoxy) is 1. The zero-order valence-electron chi connectivity index (χ0n) is 20.6. The third-order valence-electron chi connectivity index (χ3n) is 6.49.